The van der Waals surface area contributed by atoms with E-state index < -0.39 is 24.4 Å². The Morgan fingerprint density at radius 1 is 0.340 bits per heavy atom. The second kappa shape index (κ2) is 59.6. The zero-order valence-corrected chi connectivity index (χ0v) is 100. The van der Waals surface area contributed by atoms with E-state index in [2.05, 4.69) is 329 Å². The molecule has 0 saturated heterocycles. The maximum Gasteiger partial charge on any atom is 0.0911 e. The van der Waals surface area contributed by atoms with Crippen LogP contribution in [0.2, 0.25) is 0 Å². The third kappa shape index (κ3) is 45.7. The van der Waals surface area contributed by atoms with Crippen LogP contribution in [0, 0.1) is 128 Å². The van der Waals surface area contributed by atoms with Gasteiger partial charge in [-0.25, -0.2) is 0 Å². The Morgan fingerprint density at radius 2 is 0.624 bits per heavy atom. The molecule has 12 aromatic rings. The molecule has 0 bridgehead atoms. The van der Waals surface area contributed by atoms with Gasteiger partial charge in [0.1, 0.15) is 0 Å². The van der Waals surface area contributed by atoms with Crippen molar-refractivity contribution in [3.05, 3.63) is 306 Å². The van der Waals surface area contributed by atoms with Gasteiger partial charge in [-0.2, -0.15) is 0 Å². The van der Waals surface area contributed by atoms with E-state index in [0.717, 1.165) is 104 Å². The van der Waals surface area contributed by atoms with Crippen molar-refractivity contribution in [2.75, 3.05) is 0 Å². The van der Waals surface area contributed by atoms with Gasteiger partial charge in [0.2, 0.25) is 0 Å². The van der Waals surface area contributed by atoms with Crippen LogP contribution in [0.3, 0.4) is 0 Å². The quantitative estimate of drug-likeness (QED) is 0.0281. The normalized spacial score (nSPS) is 13.9. The molecule has 4 atom stereocenters. The van der Waals surface area contributed by atoms with E-state index >= 15 is 0 Å². The fraction of sp³-hybridized carbons (Fsp3) is 0.456. The van der Waals surface area contributed by atoms with Gasteiger partial charge in [-0.1, -0.05) is 258 Å². The van der Waals surface area contributed by atoms with Gasteiger partial charge in [0.05, 0.1) is 69.5 Å². The summed E-state index contributed by atoms with van der Waals surface area (Å²) in [5.74, 6) is 3.72. The summed E-state index contributed by atoms with van der Waals surface area (Å²) in [6, 6.07) is 67.5. The molecule has 8 N–H and O–H groups in total. The second-order valence-electron chi connectivity index (χ2n) is 44.1. The van der Waals surface area contributed by atoms with Gasteiger partial charge < -0.3 is 40.9 Å². The fourth-order valence-corrected chi connectivity index (χ4v) is 18.5. The predicted octanol–water partition coefficient (Wildman–Crippen LogP) is 32.5. The monoisotopic (exact) mass is 2620 g/mol. The van der Waals surface area contributed by atoms with E-state index in [1.54, 1.807) is 26.8 Å². The average Bonchev–Trinajstić information content (AvgIpc) is 1.77. The number of hydrogen-bond acceptors (Lipinski definition) is 12. The molecule has 16 heteroatoms. The first-order valence-electron chi connectivity index (χ1n) is 50.0. The Balaban J connectivity index is 0.000000433. The first kappa shape index (κ1) is 127. The van der Waals surface area contributed by atoms with Crippen LogP contribution in [-0.2, 0) is 106 Å². The van der Waals surface area contributed by atoms with E-state index in [-0.39, 0.29) is 114 Å². The van der Waals surface area contributed by atoms with Crippen molar-refractivity contribution in [3.8, 4) is 45.0 Å². The molecule has 0 spiro atoms. The Morgan fingerprint density at radius 3 is 0.894 bits per heavy atom. The van der Waals surface area contributed by atoms with Crippen molar-refractivity contribution in [1.29, 1.82) is 0 Å². The van der Waals surface area contributed by atoms with E-state index in [1.807, 2.05) is 13.8 Å². The Bertz CT molecular complexity index is 5770. The van der Waals surface area contributed by atoms with Crippen LogP contribution in [0.4, 0.5) is 0 Å². The average molecular weight is 2620 g/mol. The molecule has 2 aliphatic carbocycles. The number of aromatic nitrogens is 4. The number of fused-ring (bicyclic) bond motifs is 4. The van der Waals surface area contributed by atoms with Crippen molar-refractivity contribution in [3.63, 3.8) is 0 Å². The summed E-state index contributed by atoms with van der Waals surface area (Å²) in [7, 11) is 0. The van der Waals surface area contributed by atoms with E-state index in [0.29, 0.717) is 48.2 Å². The number of aliphatic hydroxyl groups excluding tert-OH is 8. The van der Waals surface area contributed by atoms with Crippen molar-refractivity contribution in [1.82, 2.24) is 19.9 Å². The predicted molar refractivity (Wildman–Crippen MR) is 582 cm³/mol. The Hall–Kier alpha value is -8.00. The molecule has 2 saturated carbocycles. The fourth-order valence-electron chi connectivity index (χ4n) is 18.5. The third-order valence-corrected chi connectivity index (χ3v) is 23.2. The summed E-state index contributed by atoms with van der Waals surface area (Å²) in [4.78, 5) is 20.1. The molecular formula is C125H166Ir4N4O8-4. The second-order valence-corrected chi connectivity index (χ2v) is 44.1. The van der Waals surface area contributed by atoms with Crippen molar-refractivity contribution < 1.29 is 121 Å². The number of aryl methyl sites for hydroxylation is 10. The van der Waals surface area contributed by atoms with Gasteiger partial charge >= 0.3 is 0 Å². The summed E-state index contributed by atoms with van der Waals surface area (Å²) in [5.41, 5.74) is 34.7. The van der Waals surface area contributed by atoms with Crippen LogP contribution < -0.4 is 0 Å². The summed E-state index contributed by atoms with van der Waals surface area (Å²) >= 11 is 0. The number of rotatable bonds is 19. The van der Waals surface area contributed by atoms with Crippen LogP contribution in [0.25, 0.3) is 88.6 Å². The van der Waals surface area contributed by atoms with Crippen molar-refractivity contribution in [2.45, 2.75) is 341 Å². The molecule has 12 nitrogen and oxygen atoms in total. The minimum absolute atomic E-state index is 0. The minimum atomic E-state index is -0.537. The van der Waals surface area contributed by atoms with Crippen LogP contribution in [-0.4, -0.2) is 85.2 Å². The van der Waals surface area contributed by atoms with Crippen LogP contribution in [0.1, 0.15) is 310 Å². The van der Waals surface area contributed by atoms with Gasteiger partial charge in [-0.05, 0) is 275 Å². The Labute approximate surface area is 903 Å². The molecule has 8 aromatic carbocycles. The summed E-state index contributed by atoms with van der Waals surface area (Å²) < 4.78 is 0. The van der Waals surface area contributed by atoms with E-state index in [4.69, 9.17) is 50.6 Å². The largest absolute Gasteiger partial charge is 0.513 e. The molecule has 4 unspecified atom stereocenters. The summed E-state index contributed by atoms with van der Waals surface area (Å²) in [5, 5.41) is 74.8. The number of pyridine rings is 4. The van der Waals surface area contributed by atoms with Crippen LogP contribution >= 0.6 is 0 Å². The molecule has 0 amide bonds. The molecule has 774 valence electrons. The standard InChI is InChI=1S/2C27H32N.C23H26N.C22H24N.C11H22O2.3C5H10O2.4Ir/c2*1-18-12-19(2)14-22(13-18)25-11-10-23-24(21-8-6-7-9-21)15-20(16-26(23)28-25)17-27(3,4)5;1-15-9-16(2)11-19(10-15)21-8-7-20-17(3)12-18(13-22(20)24-21)14-23(4,5)6;1-14(2)8-18-10-17(5)13-22-20(18)6-7-21(23-22)19-11-15(3)9-16(4)12-19;1-8(2)5-10(12)7-11(13)6-9(3)4;3*1-4(6)3-5(2)7;;;;/h2*10-13,15-16,21H,6-9,17H2,1-5H3;7-10,12-13H,14H2,1-6H3;6-7,9-11,13-14H,8H2,1-5H3;7-10,12-13H,5-6H2,1-4H3;3*3-4,6-7H,1-2H3;;;;/q4*-1;;;;;;;;. The molecule has 2 fully saturated rings. The molecule has 4 radical (unpaired) electrons. The number of benzene rings is 8. The Kier molecular flexibility index (Phi) is 53.7. The SMILES string of the molecule is CC(C)CC(O)=CC(O)CC(C)C.CC(O)=CC(C)O.CC(O)=CC(C)O.CC(O)=CC(C)O.Cc1[c-]c(-c2ccc3c(C)cc(CC(C)(C)C)cc3n2)cc(C)c1.Cc1[c-]c(-c2ccc3c(C4CCCC4)cc(CC(C)(C)C)cc3n2)cc(C)c1.Cc1[c-]c(-c2ccc3c(C4CCCC4)cc(CC(C)(C)C)cc3n2)cc(C)c1.Cc1[c-]c(-c2ccc3c(CC(C)C)cc(C)cc3n2)cc(C)c1.[Ir].[Ir].[Ir].[Ir]. The zero-order valence-electron chi connectivity index (χ0n) is 90.5. The molecular weight excluding hydrogens is 2450 g/mol. The summed E-state index contributed by atoms with van der Waals surface area (Å²) in [6.07, 6.45) is 19.9. The number of hydrogen-bond donors (Lipinski definition) is 8. The molecule has 0 aliphatic heterocycles. The van der Waals surface area contributed by atoms with Gasteiger partial charge in [0.15, 0.2) is 0 Å². The van der Waals surface area contributed by atoms with Crippen LogP contribution in [0.5, 0.6) is 0 Å². The first-order valence-corrected chi connectivity index (χ1v) is 50.0. The number of nitrogens with zero attached hydrogens (tertiary/aromatic N) is 4. The molecule has 141 heavy (non-hydrogen) atoms. The van der Waals surface area contributed by atoms with Crippen molar-refractivity contribution in [2.24, 2.45) is 34.0 Å². The number of allylic oxidation sites excluding steroid dienone is 4. The summed E-state index contributed by atoms with van der Waals surface area (Å²) in [6.45, 7) is 64.0. The third-order valence-electron chi connectivity index (χ3n) is 23.2. The first-order chi connectivity index (χ1) is 64.0. The molecule has 2 aliphatic rings. The topological polar surface area (TPSA) is 213 Å². The molecule has 4 heterocycles. The molecule has 14 rings (SSSR count). The minimum Gasteiger partial charge on any atom is -0.513 e. The van der Waals surface area contributed by atoms with Gasteiger partial charge in [-0.3, -0.25) is 19.9 Å². The maximum atomic E-state index is 9.47. The zero-order chi connectivity index (χ0) is 102. The van der Waals surface area contributed by atoms with Gasteiger partial charge in [-0.15, -0.1) is 140 Å². The number of aliphatic hydroxyl groups is 8. The van der Waals surface area contributed by atoms with E-state index in [9.17, 15) is 10.2 Å². The maximum absolute atomic E-state index is 9.47. The van der Waals surface area contributed by atoms with Gasteiger partial charge in [0.25, 0.3) is 0 Å². The van der Waals surface area contributed by atoms with Gasteiger partial charge in [0, 0.05) is 108 Å². The van der Waals surface area contributed by atoms with Crippen LogP contribution in [0.15, 0.2) is 193 Å². The van der Waals surface area contributed by atoms with E-state index in [1.165, 1.54) is 190 Å². The smallest absolute Gasteiger partial charge is 0.0911 e. The van der Waals surface area contributed by atoms with Crippen molar-refractivity contribution >= 4 is 43.6 Å². The molecule has 4 aromatic heterocycles.